The van der Waals surface area contributed by atoms with E-state index in [1.165, 1.54) is 141 Å². The Kier molecular flexibility index (Phi) is 21.8. The molecule has 0 bridgehead atoms. The van der Waals surface area contributed by atoms with E-state index in [4.69, 9.17) is 12.6 Å². The van der Waals surface area contributed by atoms with E-state index in [2.05, 4.69) is 27.7 Å². The van der Waals surface area contributed by atoms with Gasteiger partial charge in [0.05, 0.1) is 0 Å². The van der Waals surface area contributed by atoms with Crippen molar-refractivity contribution in [3.8, 4) is 0 Å². The van der Waals surface area contributed by atoms with Gasteiger partial charge in [0.25, 0.3) is 0 Å². The molecule has 0 fully saturated rings. The first-order valence-electron chi connectivity index (χ1n) is 13.7. The lowest BCUT2D eigenvalue weighted by atomic mass is 9.85. The molecule has 0 radical (unpaired) electrons. The van der Waals surface area contributed by atoms with Crippen LogP contribution >= 0.6 is 12.6 Å². The predicted molar refractivity (Wildman–Crippen MR) is 139 cm³/mol. The molecule has 1 unspecified atom stereocenters. The summed E-state index contributed by atoms with van der Waals surface area (Å²) in [6, 6.07) is 0. The maximum Gasteiger partial charge on any atom is 0.0101 e. The Morgan fingerprint density at radius 1 is 0.448 bits per heavy atom. The van der Waals surface area contributed by atoms with Gasteiger partial charge in [-0.05, 0) is 18.8 Å². The second kappa shape index (κ2) is 21.6. The monoisotopic (exact) mass is 426 g/mol. The molecule has 1 atom stereocenters. The van der Waals surface area contributed by atoms with Crippen LogP contribution < -0.4 is 0 Å². The molecule has 0 aliphatic heterocycles. The van der Waals surface area contributed by atoms with Crippen molar-refractivity contribution in [2.24, 2.45) is 5.92 Å². The van der Waals surface area contributed by atoms with Crippen LogP contribution in [0.4, 0.5) is 0 Å². The first kappa shape index (κ1) is 29.4. The third kappa shape index (κ3) is 21.4. The van der Waals surface area contributed by atoms with Crippen molar-refractivity contribution < 1.29 is 0 Å². The molecular weight excluding hydrogens is 368 g/mol. The smallest absolute Gasteiger partial charge is 0.0101 e. The van der Waals surface area contributed by atoms with E-state index in [-0.39, 0.29) is 4.75 Å². The van der Waals surface area contributed by atoms with Gasteiger partial charge in [0.1, 0.15) is 0 Å². The van der Waals surface area contributed by atoms with Crippen molar-refractivity contribution in [2.45, 2.75) is 174 Å². The molecule has 0 spiro atoms. The second-order valence-corrected chi connectivity index (χ2v) is 11.4. The molecule has 0 aliphatic rings. The largest absolute Gasteiger partial charge is 0.173 e. The number of hydrogen-bond donors (Lipinski definition) is 1. The lowest BCUT2D eigenvalue weighted by Gasteiger charge is -2.30. The molecule has 176 valence electrons. The Hall–Kier alpha value is 0.350. The Labute approximate surface area is 192 Å². The quantitative estimate of drug-likeness (QED) is 0.122. The summed E-state index contributed by atoms with van der Waals surface area (Å²) in [5, 5.41) is 0. The number of unbranched alkanes of at least 4 members (excludes halogenated alkanes) is 18. The van der Waals surface area contributed by atoms with Crippen molar-refractivity contribution in [2.75, 3.05) is 0 Å². The highest BCUT2D eigenvalue weighted by molar-refractivity contribution is 7.81. The van der Waals surface area contributed by atoms with Crippen LogP contribution in [0.5, 0.6) is 0 Å². The zero-order valence-electron chi connectivity index (χ0n) is 21.1. The Morgan fingerprint density at radius 3 is 0.931 bits per heavy atom. The minimum absolute atomic E-state index is 0.193. The van der Waals surface area contributed by atoms with Gasteiger partial charge in [-0.15, -0.1) is 0 Å². The van der Waals surface area contributed by atoms with Gasteiger partial charge in [-0.25, -0.2) is 0 Å². The van der Waals surface area contributed by atoms with Gasteiger partial charge in [0, 0.05) is 4.75 Å². The third-order valence-corrected chi connectivity index (χ3v) is 7.18. The zero-order valence-corrected chi connectivity index (χ0v) is 22.0. The molecule has 0 saturated carbocycles. The third-order valence-electron chi connectivity index (χ3n) is 6.81. The van der Waals surface area contributed by atoms with Crippen LogP contribution in [0.3, 0.4) is 0 Å². The lowest BCUT2D eigenvalue weighted by Crippen LogP contribution is -2.24. The zero-order chi connectivity index (χ0) is 21.6. The van der Waals surface area contributed by atoms with Crippen LogP contribution in [0.25, 0.3) is 0 Å². The molecule has 1 heteroatoms. The highest BCUT2D eigenvalue weighted by Crippen LogP contribution is 2.33. The molecule has 0 aromatic heterocycles. The normalized spacial score (nSPS) is 13.1. The molecule has 0 N–H and O–H groups in total. The van der Waals surface area contributed by atoms with E-state index in [0.29, 0.717) is 0 Å². The summed E-state index contributed by atoms with van der Waals surface area (Å²) >= 11 is 4.94. The van der Waals surface area contributed by atoms with Crippen molar-refractivity contribution in [1.29, 1.82) is 0 Å². The SMILES string of the molecule is CCCCCCCCCCCCCCC(CCCCCCCCCC)C(C)(C)S. The molecule has 0 saturated heterocycles. The van der Waals surface area contributed by atoms with Gasteiger partial charge in [-0.2, -0.15) is 12.6 Å². The number of thiol groups is 1. The van der Waals surface area contributed by atoms with Crippen LogP contribution in [0.1, 0.15) is 169 Å². The molecule has 0 aromatic rings. The van der Waals surface area contributed by atoms with Crippen molar-refractivity contribution in [3.63, 3.8) is 0 Å². The summed E-state index contributed by atoms with van der Waals surface area (Å²) in [4.78, 5) is 0. The maximum atomic E-state index is 4.94. The van der Waals surface area contributed by atoms with Gasteiger partial charge in [0.15, 0.2) is 0 Å². The first-order chi connectivity index (χ1) is 14.0. The van der Waals surface area contributed by atoms with E-state index >= 15 is 0 Å². The summed E-state index contributed by atoms with van der Waals surface area (Å²) in [5.41, 5.74) is 0. The van der Waals surface area contributed by atoms with Gasteiger partial charge in [-0.1, -0.05) is 156 Å². The van der Waals surface area contributed by atoms with Crippen molar-refractivity contribution in [3.05, 3.63) is 0 Å². The van der Waals surface area contributed by atoms with Crippen molar-refractivity contribution >= 4 is 12.6 Å². The Morgan fingerprint density at radius 2 is 0.690 bits per heavy atom. The topological polar surface area (TPSA) is 0 Å². The summed E-state index contributed by atoms with van der Waals surface area (Å²) in [6.07, 6.45) is 31.6. The summed E-state index contributed by atoms with van der Waals surface area (Å²) in [5.74, 6) is 0.800. The van der Waals surface area contributed by atoms with Gasteiger partial charge >= 0.3 is 0 Å². The average Bonchev–Trinajstić information content (AvgIpc) is 2.68. The molecule has 0 nitrogen and oxygen atoms in total. The lowest BCUT2D eigenvalue weighted by molar-refractivity contribution is 0.342. The van der Waals surface area contributed by atoms with Gasteiger partial charge < -0.3 is 0 Å². The van der Waals surface area contributed by atoms with Crippen LogP contribution in [0, 0.1) is 5.92 Å². The number of hydrogen-bond acceptors (Lipinski definition) is 1. The fraction of sp³-hybridized carbons (Fsp3) is 1.00. The number of rotatable bonds is 23. The van der Waals surface area contributed by atoms with Crippen LogP contribution in [0.15, 0.2) is 0 Å². The summed E-state index contributed by atoms with van der Waals surface area (Å²) in [6.45, 7) is 9.28. The Balaban J connectivity index is 3.58. The standard InChI is InChI=1S/C28H58S/c1-5-7-9-11-13-15-16-17-18-20-22-24-26-27(28(3,4)29)25-23-21-19-14-12-10-8-6-2/h27,29H,5-26H2,1-4H3. The van der Waals surface area contributed by atoms with E-state index in [1.807, 2.05) is 0 Å². The molecule has 0 aliphatic carbocycles. The van der Waals surface area contributed by atoms with Crippen LogP contribution in [-0.4, -0.2) is 4.75 Å². The molecule has 0 aromatic carbocycles. The second-order valence-electron chi connectivity index (χ2n) is 10.3. The predicted octanol–water partition coefficient (Wildman–Crippen LogP) is 10.9. The minimum atomic E-state index is 0.193. The van der Waals surface area contributed by atoms with E-state index in [0.717, 1.165) is 5.92 Å². The molecule has 29 heavy (non-hydrogen) atoms. The first-order valence-corrected chi connectivity index (χ1v) is 14.2. The van der Waals surface area contributed by atoms with Crippen LogP contribution in [0.2, 0.25) is 0 Å². The molecule has 0 amide bonds. The van der Waals surface area contributed by atoms with Crippen molar-refractivity contribution in [1.82, 2.24) is 0 Å². The highest BCUT2D eigenvalue weighted by Gasteiger charge is 2.24. The van der Waals surface area contributed by atoms with Gasteiger partial charge in [0.2, 0.25) is 0 Å². The van der Waals surface area contributed by atoms with Gasteiger partial charge in [-0.3, -0.25) is 0 Å². The van der Waals surface area contributed by atoms with E-state index in [1.54, 1.807) is 0 Å². The maximum absolute atomic E-state index is 4.94. The Bertz CT molecular complexity index is 304. The van der Waals surface area contributed by atoms with E-state index in [9.17, 15) is 0 Å². The highest BCUT2D eigenvalue weighted by atomic mass is 32.1. The van der Waals surface area contributed by atoms with Crippen LogP contribution in [-0.2, 0) is 0 Å². The summed E-state index contributed by atoms with van der Waals surface area (Å²) in [7, 11) is 0. The average molecular weight is 427 g/mol. The van der Waals surface area contributed by atoms with E-state index < -0.39 is 0 Å². The fourth-order valence-corrected chi connectivity index (χ4v) is 4.87. The molecule has 0 heterocycles. The summed E-state index contributed by atoms with van der Waals surface area (Å²) < 4.78 is 0.193. The fourth-order valence-electron chi connectivity index (χ4n) is 4.61. The molecular formula is C28H58S. The minimum Gasteiger partial charge on any atom is -0.173 e. The molecule has 0 rings (SSSR count).